The van der Waals surface area contributed by atoms with Gasteiger partial charge in [-0.1, -0.05) is 0 Å². The fourth-order valence-corrected chi connectivity index (χ4v) is 3.40. The average Bonchev–Trinajstić information content (AvgIpc) is 3.06. The van der Waals surface area contributed by atoms with E-state index in [1.54, 1.807) is 0 Å². The van der Waals surface area contributed by atoms with Crippen molar-refractivity contribution in [2.45, 2.75) is 6.54 Å². The van der Waals surface area contributed by atoms with E-state index in [2.05, 4.69) is 31.7 Å². The SMILES string of the molecule is CN1CCN(Cc2cc3nc(Cl)nc(N4CCOCC4)c3o2)CC1.O=S=O. The van der Waals surface area contributed by atoms with Gasteiger partial charge in [0, 0.05) is 45.3 Å². The standard InChI is InChI=1S/C16H22ClN5O2.O2S/c1-20-2-4-21(5-3-20)11-12-10-13-14(24-12)15(19-16(17)18-13)22-6-8-23-9-7-22;1-3-2/h10H,2-9,11H2,1H3;. The topological polar surface area (TPSA) is 92.0 Å². The van der Waals surface area contributed by atoms with E-state index < -0.39 is 11.6 Å². The number of hydrogen-bond donors (Lipinski definition) is 0. The van der Waals surface area contributed by atoms with Gasteiger partial charge in [0.05, 0.1) is 19.8 Å². The van der Waals surface area contributed by atoms with Gasteiger partial charge in [-0.2, -0.15) is 13.4 Å². The predicted molar refractivity (Wildman–Crippen MR) is 102 cm³/mol. The number of piperazine rings is 1. The molecule has 2 saturated heterocycles. The molecule has 0 aliphatic carbocycles. The summed E-state index contributed by atoms with van der Waals surface area (Å²) in [5, 5.41) is 0.260. The summed E-state index contributed by atoms with van der Waals surface area (Å²) < 4.78 is 28.1. The van der Waals surface area contributed by atoms with Crippen LogP contribution in [0.2, 0.25) is 5.28 Å². The number of hydrogen-bond acceptors (Lipinski definition) is 9. The highest BCUT2D eigenvalue weighted by Crippen LogP contribution is 2.29. The van der Waals surface area contributed by atoms with E-state index in [0.717, 1.165) is 68.5 Å². The molecule has 0 saturated carbocycles. The summed E-state index contributed by atoms with van der Waals surface area (Å²) in [7, 11) is 2.16. The Morgan fingerprint density at radius 3 is 2.44 bits per heavy atom. The average molecular weight is 416 g/mol. The maximum atomic E-state index is 8.29. The van der Waals surface area contributed by atoms with Crippen molar-refractivity contribution < 1.29 is 17.6 Å². The zero-order valence-corrected chi connectivity index (χ0v) is 16.7. The molecular formula is C16H22ClN5O4S. The van der Waals surface area contributed by atoms with Crippen LogP contribution in [0.5, 0.6) is 0 Å². The molecular weight excluding hydrogens is 394 g/mol. The third-order valence-electron chi connectivity index (χ3n) is 4.66. The van der Waals surface area contributed by atoms with E-state index >= 15 is 0 Å². The largest absolute Gasteiger partial charge is 0.454 e. The van der Waals surface area contributed by atoms with Crippen molar-refractivity contribution in [3.8, 4) is 0 Å². The summed E-state index contributed by atoms with van der Waals surface area (Å²) in [6.45, 7) is 8.04. The second-order valence-corrected chi connectivity index (χ2v) is 6.96. The molecule has 0 N–H and O–H groups in total. The second-order valence-electron chi connectivity index (χ2n) is 6.49. The lowest BCUT2D eigenvalue weighted by Gasteiger charge is -2.31. The van der Waals surface area contributed by atoms with E-state index in [-0.39, 0.29) is 5.28 Å². The normalized spacial score (nSPS) is 19.0. The molecule has 148 valence electrons. The monoisotopic (exact) mass is 415 g/mol. The van der Waals surface area contributed by atoms with Crippen LogP contribution in [0.4, 0.5) is 5.82 Å². The highest BCUT2D eigenvalue weighted by molar-refractivity contribution is 7.51. The Kier molecular flexibility index (Phi) is 7.13. The molecule has 2 aromatic heterocycles. The van der Waals surface area contributed by atoms with Gasteiger partial charge < -0.3 is 19.0 Å². The van der Waals surface area contributed by atoms with Crippen LogP contribution in [-0.2, 0) is 22.9 Å². The molecule has 0 radical (unpaired) electrons. The van der Waals surface area contributed by atoms with E-state index in [1.807, 2.05) is 6.07 Å². The number of rotatable bonds is 3. The van der Waals surface area contributed by atoms with E-state index in [4.69, 9.17) is 29.2 Å². The Morgan fingerprint density at radius 1 is 1.11 bits per heavy atom. The number of anilines is 1. The van der Waals surface area contributed by atoms with Crippen LogP contribution < -0.4 is 4.90 Å². The minimum Gasteiger partial charge on any atom is -0.454 e. The van der Waals surface area contributed by atoms with Gasteiger partial charge in [0.25, 0.3) is 0 Å². The molecule has 11 heteroatoms. The minimum absolute atomic E-state index is 0.260. The molecule has 0 bridgehead atoms. The molecule has 4 heterocycles. The first-order valence-electron chi connectivity index (χ1n) is 8.72. The van der Waals surface area contributed by atoms with Crippen molar-refractivity contribution in [2.75, 3.05) is 64.4 Å². The van der Waals surface area contributed by atoms with Gasteiger partial charge in [0.1, 0.15) is 11.3 Å². The maximum absolute atomic E-state index is 8.29. The first-order chi connectivity index (χ1) is 13.1. The number of furan rings is 1. The quantitative estimate of drug-likeness (QED) is 0.674. The van der Waals surface area contributed by atoms with Gasteiger partial charge in [-0.25, -0.2) is 4.98 Å². The molecule has 2 aliphatic rings. The van der Waals surface area contributed by atoms with Crippen LogP contribution in [0.25, 0.3) is 11.1 Å². The molecule has 0 amide bonds. The fourth-order valence-electron chi connectivity index (χ4n) is 3.23. The van der Waals surface area contributed by atoms with E-state index in [0.29, 0.717) is 13.2 Å². The Balaban J connectivity index is 0.000000659. The number of nitrogens with zero attached hydrogens (tertiary/aromatic N) is 5. The van der Waals surface area contributed by atoms with Crippen LogP contribution in [0, 0.1) is 0 Å². The summed E-state index contributed by atoms with van der Waals surface area (Å²) in [4.78, 5) is 15.6. The first kappa shape index (κ1) is 20.2. The van der Waals surface area contributed by atoms with Crippen molar-refractivity contribution in [3.63, 3.8) is 0 Å². The summed E-state index contributed by atoms with van der Waals surface area (Å²) in [5.41, 5.74) is 1.51. The molecule has 9 nitrogen and oxygen atoms in total. The Labute approximate surface area is 165 Å². The summed E-state index contributed by atoms with van der Waals surface area (Å²) in [6.07, 6.45) is 0. The lowest BCUT2D eigenvalue weighted by atomic mass is 10.3. The number of morpholine rings is 1. The Bertz CT molecular complexity index is 799. The number of halogens is 1. The molecule has 4 rings (SSSR count). The third kappa shape index (κ3) is 5.23. The smallest absolute Gasteiger partial charge is 0.335 e. The zero-order valence-electron chi connectivity index (χ0n) is 15.1. The molecule has 27 heavy (non-hydrogen) atoms. The molecule has 2 fully saturated rings. The lowest BCUT2D eigenvalue weighted by Crippen LogP contribution is -2.43. The van der Waals surface area contributed by atoms with Crippen molar-refractivity contribution in [1.82, 2.24) is 19.8 Å². The van der Waals surface area contributed by atoms with E-state index in [1.165, 1.54) is 0 Å². The Hall–Kier alpha value is -1.59. The summed E-state index contributed by atoms with van der Waals surface area (Å²) in [6, 6.07) is 1.99. The highest BCUT2D eigenvalue weighted by atomic mass is 35.5. The van der Waals surface area contributed by atoms with Crippen LogP contribution in [-0.4, -0.2) is 87.7 Å². The molecule has 2 aromatic rings. The van der Waals surface area contributed by atoms with Crippen LogP contribution in [0.3, 0.4) is 0 Å². The second kappa shape index (κ2) is 9.56. The molecule has 0 atom stereocenters. The summed E-state index contributed by atoms with van der Waals surface area (Å²) >= 11 is 5.37. The van der Waals surface area contributed by atoms with Crippen LogP contribution in [0.1, 0.15) is 5.76 Å². The Morgan fingerprint density at radius 2 is 1.78 bits per heavy atom. The van der Waals surface area contributed by atoms with Crippen molar-refractivity contribution in [1.29, 1.82) is 0 Å². The molecule has 0 spiro atoms. The molecule has 0 aromatic carbocycles. The predicted octanol–water partition coefficient (Wildman–Crippen LogP) is 0.790. The van der Waals surface area contributed by atoms with Crippen LogP contribution >= 0.6 is 11.6 Å². The van der Waals surface area contributed by atoms with Gasteiger partial charge in [-0.05, 0) is 18.6 Å². The van der Waals surface area contributed by atoms with Crippen molar-refractivity contribution in [3.05, 3.63) is 17.1 Å². The zero-order chi connectivity index (χ0) is 19.2. The molecule has 0 unspecified atom stereocenters. The van der Waals surface area contributed by atoms with Crippen molar-refractivity contribution in [2.24, 2.45) is 0 Å². The van der Waals surface area contributed by atoms with Crippen molar-refractivity contribution >= 4 is 40.1 Å². The number of aromatic nitrogens is 2. The minimum atomic E-state index is -0.750. The van der Waals surface area contributed by atoms with Gasteiger partial charge in [-0.3, -0.25) is 4.90 Å². The van der Waals surface area contributed by atoms with Gasteiger partial charge in [0.15, 0.2) is 11.4 Å². The maximum Gasteiger partial charge on any atom is 0.335 e. The van der Waals surface area contributed by atoms with Crippen LogP contribution in [0.15, 0.2) is 10.5 Å². The van der Waals surface area contributed by atoms with Gasteiger partial charge >= 0.3 is 11.6 Å². The fraction of sp³-hybridized carbons (Fsp3) is 0.625. The van der Waals surface area contributed by atoms with Gasteiger partial charge in [-0.15, -0.1) is 0 Å². The highest BCUT2D eigenvalue weighted by Gasteiger charge is 2.22. The number of ether oxygens (including phenoxy) is 1. The summed E-state index contributed by atoms with van der Waals surface area (Å²) in [5.74, 6) is 1.69. The van der Waals surface area contributed by atoms with E-state index in [9.17, 15) is 0 Å². The van der Waals surface area contributed by atoms with Gasteiger partial charge in [0.2, 0.25) is 5.28 Å². The number of likely N-dealkylation sites (N-methyl/N-ethyl adjacent to an activating group) is 1. The lowest BCUT2D eigenvalue weighted by molar-refractivity contribution is 0.122. The first-order valence-corrected chi connectivity index (χ1v) is 9.76. The number of fused-ring (bicyclic) bond motifs is 1. The third-order valence-corrected chi connectivity index (χ3v) is 4.83. The molecule has 2 aliphatic heterocycles.